The smallest absolute Gasteiger partial charge is 0.228 e. The highest BCUT2D eigenvalue weighted by Gasteiger charge is 2.12. The summed E-state index contributed by atoms with van der Waals surface area (Å²) >= 11 is 0. The number of carbonyl (C=O) groups excluding carboxylic acids is 2. The highest BCUT2D eigenvalue weighted by atomic mass is 16.5. The number of aromatic nitrogens is 2. The largest absolute Gasteiger partial charge is 0.496 e. The molecule has 1 amide bonds. The molecule has 150 valence electrons. The number of Topliss-reactive ketones (excluding diaryl/α,β-unsaturated/α-hetero) is 1. The number of ether oxygens (including phenoxy) is 1. The van der Waals surface area contributed by atoms with Gasteiger partial charge in [-0.2, -0.15) is 0 Å². The van der Waals surface area contributed by atoms with Crippen LogP contribution in [0.3, 0.4) is 0 Å². The van der Waals surface area contributed by atoms with Gasteiger partial charge in [-0.1, -0.05) is 12.1 Å². The van der Waals surface area contributed by atoms with E-state index in [4.69, 9.17) is 4.74 Å². The van der Waals surface area contributed by atoms with Gasteiger partial charge in [0.2, 0.25) is 5.91 Å². The first-order valence-electron chi connectivity index (χ1n) is 9.55. The lowest BCUT2D eigenvalue weighted by atomic mass is 10.0. The predicted octanol–water partition coefficient (Wildman–Crippen LogP) is 4.42. The Morgan fingerprint density at radius 1 is 1.03 bits per heavy atom. The number of carbonyl (C=O) groups is 2. The van der Waals surface area contributed by atoms with Gasteiger partial charge < -0.3 is 10.1 Å². The summed E-state index contributed by atoms with van der Waals surface area (Å²) in [6, 6.07) is 20.6. The molecule has 0 radical (unpaired) electrons. The van der Waals surface area contributed by atoms with Crippen molar-refractivity contribution in [3.8, 4) is 11.4 Å². The Balaban J connectivity index is 1.49. The van der Waals surface area contributed by atoms with E-state index in [2.05, 4.69) is 10.3 Å². The SMILES string of the molecule is COc1ccc(C(C)=O)cc1CC(=O)Nc1ccc(-n2cnc3ccccc32)cc1. The lowest BCUT2D eigenvalue weighted by molar-refractivity contribution is -0.115. The highest BCUT2D eigenvalue weighted by Crippen LogP contribution is 2.22. The summed E-state index contributed by atoms with van der Waals surface area (Å²) in [4.78, 5) is 28.6. The van der Waals surface area contributed by atoms with Crippen LogP contribution < -0.4 is 10.1 Å². The molecule has 4 rings (SSSR count). The van der Waals surface area contributed by atoms with Crippen LogP contribution in [-0.4, -0.2) is 28.4 Å². The molecule has 4 aromatic rings. The Morgan fingerprint density at radius 3 is 2.53 bits per heavy atom. The minimum Gasteiger partial charge on any atom is -0.496 e. The van der Waals surface area contributed by atoms with Crippen LogP contribution in [0.25, 0.3) is 16.7 Å². The molecule has 0 saturated heterocycles. The van der Waals surface area contributed by atoms with Gasteiger partial charge in [0.1, 0.15) is 12.1 Å². The number of hydrogen-bond donors (Lipinski definition) is 1. The maximum Gasteiger partial charge on any atom is 0.228 e. The van der Waals surface area contributed by atoms with Crippen molar-refractivity contribution in [2.45, 2.75) is 13.3 Å². The van der Waals surface area contributed by atoms with Crippen LogP contribution in [0.1, 0.15) is 22.8 Å². The van der Waals surface area contributed by atoms with Crippen molar-refractivity contribution in [1.29, 1.82) is 0 Å². The van der Waals surface area contributed by atoms with Gasteiger partial charge in [-0.15, -0.1) is 0 Å². The lowest BCUT2D eigenvalue weighted by Crippen LogP contribution is -2.15. The number of benzene rings is 3. The van der Waals surface area contributed by atoms with Gasteiger partial charge in [0, 0.05) is 22.5 Å². The van der Waals surface area contributed by atoms with Crippen LogP contribution in [0.2, 0.25) is 0 Å². The minimum atomic E-state index is -0.185. The average molecular weight is 399 g/mol. The van der Waals surface area contributed by atoms with Gasteiger partial charge in [-0.25, -0.2) is 4.98 Å². The van der Waals surface area contributed by atoms with Crippen molar-refractivity contribution in [2.24, 2.45) is 0 Å². The Morgan fingerprint density at radius 2 is 1.80 bits per heavy atom. The number of rotatable bonds is 6. The maximum absolute atomic E-state index is 12.6. The van der Waals surface area contributed by atoms with Crippen molar-refractivity contribution in [3.63, 3.8) is 0 Å². The van der Waals surface area contributed by atoms with Crippen molar-refractivity contribution in [3.05, 3.63) is 84.2 Å². The van der Waals surface area contributed by atoms with Gasteiger partial charge in [0.15, 0.2) is 5.78 Å². The zero-order chi connectivity index (χ0) is 21.1. The second-order valence-corrected chi connectivity index (χ2v) is 6.96. The first-order chi connectivity index (χ1) is 14.5. The van der Waals surface area contributed by atoms with E-state index in [-0.39, 0.29) is 18.1 Å². The third-order valence-electron chi connectivity index (χ3n) is 4.92. The van der Waals surface area contributed by atoms with Crippen molar-refractivity contribution >= 4 is 28.4 Å². The fraction of sp³-hybridized carbons (Fsp3) is 0.125. The Kier molecular flexibility index (Phi) is 5.30. The molecule has 1 N–H and O–H groups in total. The number of imidazole rings is 1. The Bertz CT molecular complexity index is 1230. The molecule has 0 spiro atoms. The molecule has 6 heteroatoms. The fourth-order valence-corrected chi connectivity index (χ4v) is 3.38. The molecule has 0 aliphatic heterocycles. The summed E-state index contributed by atoms with van der Waals surface area (Å²) in [5, 5.41) is 2.90. The molecule has 6 nitrogen and oxygen atoms in total. The third kappa shape index (κ3) is 3.93. The molecule has 1 aromatic heterocycles. The summed E-state index contributed by atoms with van der Waals surface area (Å²) in [6.07, 6.45) is 1.89. The zero-order valence-corrected chi connectivity index (χ0v) is 16.8. The van der Waals surface area contributed by atoms with Gasteiger partial charge in [-0.3, -0.25) is 14.2 Å². The molecular weight excluding hydrogens is 378 g/mol. The van der Waals surface area contributed by atoms with Gasteiger partial charge in [0.05, 0.1) is 24.6 Å². The Labute approximate surface area is 174 Å². The lowest BCUT2D eigenvalue weighted by Gasteiger charge is -2.11. The minimum absolute atomic E-state index is 0.0538. The topological polar surface area (TPSA) is 73.2 Å². The first-order valence-corrected chi connectivity index (χ1v) is 9.55. The molecule has 3 aromatic carbocycles. The highest BCUT2D eigenvalue weighted by molar-refractivity contribution is 5.96. The van der Waals surface area contributed by atoms with E-state index in [1.54, 1.807) is 31.6 Å². The number of methoxy groups -OCH3 is 1. The number of amides is 1. The number of para-hydroxylation sites is 2. The third-order valence-corrected chi connectivity index (χ3v) is 4.92. The zero-order valence-electron chi connectivity index (χ0n) is 16.8. The van der Waals surface area contributed by atoms with Crippen LogP contribution >= 0.6 is 0 Å². The van der Waals surface area contributed by atoms with Gasteiger partial charge in [0.25, 0.3) is 0 Å². The quantitative estimate of drug-likeness (QED) is 0.487. The molecule has 1 heterocycles. The molecule has 0 saturated carbocycles. The Hall–Kier alpha value is -3.93. The average Bonchev–Trinajstić information content (AvgIpc) is 3.18. The molecular formula is C24H21N3O3. The van der Waals surface area contributed by atoms with E-state index < -0.39 is 0 Å². The number of fused-ring (bicyclic) bond motifs is 1. The van der Waals surface area contributed by atoms with Gasteiger partial charge in [-0.05, 0) is 61.5 Å². The second-order valence-electron chi connectivity index (χ2n) is 6.96. The summed E-state index contributed by atoms with van der Waals surface area (Å²) in [7, 11) is 1.54. The summed E-state index contributed by atoms with van der Waals surface area (Å²) in [5.41, 5.74) is 4.82. The summed E-state index contributed by atoms with van der Waals surface area (Å²) < 4.78 is 7.32. The molecule has 0 bridgehead atoms. The van der Waals surface area contributed by atoms with E-state index in [1.165, 1.54) is 6.92 Å². The molecule has 0 fully saturated rings. The maximum atomic E-state index is 12.6. The fourth-order valence-electron chi connectivity index (χ4n) is 3.38. The molecule has 0 aliphatic carbocycles. The summed E-state index contributed by atoms with van der Waals surface area (Å²) in [6.45, 7) is 1.50. The second kappa shape index (κ2) is 8.21. The number of ketones is 1. The van der Waals surface area contributed by atoms with E-state index in [0.29, 0.717) is 22.6 Å². The predicted molar refractivity (Wildman–Crippen MR) is 116 cm³/mol. The van der Waals surface area contributed by atoms with E-state index in [9.17, 15) is 9.59 Å². The van der Waals surface area contributed by atoms with Crippen molar-refractivity contribution in [1.82, 2.24) is 9.55 Å². The number of anilines is 1. The number of nitrogens with zero attached hydrogens (tertiary/aromatic N) is 2. The van der Waals surface area contributed by atoms with Crippen LogP contribution in [-0.2, 0) is 11.2 Å². The standard InChI is InChI=1S/C24H21N3O3/c1-16(28)17-7-12-23(30-2)18(13-17)14-24(29)26-19-8-10-20(11-9-19)27-15-25-21-5-3-4-6-22(21)27/h3-13,15H,14H2,1-2H3,(H,26,29). The molecule has 0 unspecified atom stereocenters. The van der Waals surface area contributed by atoms with Crippen LogP contribution in [0.4, 0.5) is 5.69 Å². The molecule has 30 heavy (non-hydrogen) atoms. The van der Waals surface area contributed by atoms with Crippen LogP contribution in [0.5, 0.6) is 5.75 Å². The van der Waals surface area contributed by atoms with Crippen LogP contribution in [0, 0.1) is 0 Å². The molecule has 0 atom stereocenters. The van der Waals surface area contributed by atoms with Crippen molar-refractivity contribution < 1.29 is 14.3 Å². The van der Waals surface area contributed by atoms with Crippen molar-refractivity contribution in [2.75, 3.05) is 12.4 Å². The molecule has 0 aliphatic rings. The van der Waals surface area contributed by atoms with E-state index >= 15 is 0 Å². The monoisotopic (exact) mass is 399 g/mol. The van der Waals surface area contributed by atoms with E-state index in [0.717, 1.165) is 16.7 Å². The first kappa shape index (κ1) is 19.4. The number of nitrogens with one attached hydrogen (secondary N) is 1. The normalized spacial score (nSPS) is 10.7. The van der Waals surface area contributed by atoms with Crippen LogP contribution in [0.15, 0.2) is 73.1 Å². The van der Waals surface area contributed by atoms with Gasteiger partial charge >= 0.3 is 0 Å². The number of hydrogen-bond acceptors (Lipinski definition) is 4. The summed E-state index contributed by atoms with van der Waals surface area (Å²) in [5.74, 6) is 0.342. The van der Waals surface area contributed by atoms with E-state index in [1.807, 2.05) is 53.1 Å².